The largest absolute Gasteiger partial charge is 0.497 e. The Balaban J connectivity index is 1.43. The molecule has 0 bridgehead atoms. The number of piperazine rings is 1. The van der Waals surface area contributed by atoms with Crippen LogP contribution >= 0.6 is 0 Å². The number of rotatable bonds is 6. The molecule has 0 aromatic heterocycles. The van der Waals surface area contributed by atoms with Gasteiger partial charge in [-0.1, -0.05) is 0 Å². The SMILES string of the molecule is COc1ccc(N2CCN(C(=O)CCCN3C(=O)NC(C)(C)C3=O)CC2)cc1. The number of nitrogens with zero attached hydrogens (tertiary/aromatic N) is 3. The molecule has 28 heavy (non-hydrogen) atoms. The van der Waals surface area contributed by atoms with Crippen molar-refractivity contribution in [1.82, 2.24) is 15.1 Å². The molecule has 4 amide bonds. The molecule has 1 aromatic carbocycles. The minimum Gasteiger partial charge on any atom is -0.497 e. The second-order valence-electron chi connectivity index (χ2n) is 7.68. The molecule has 8 heteroatoms. The van der Waals surface area contributed by atoms with Crippen molar-refractivity contribution in [2.75, 3.05) is 44.7 Å². The average Bonchev–Trinajstić information content (AvgIpc) is 2.89. The summed E-state index contributed by atoms with van der Waals surface area (Å²) in [5.41, 5.74) is 0.257. The lowest BCUT2D eigenvalue weighted by Gasteiger charge is -2.36. The number of methoxy groups -OCH3 is 1. The van der Waals surface area contributed by atoms with Gasteiger partial charge in [-0.3, -0.25) is 14.5 Å². The van der Waals surface area contributed by atoms with Crippen molar-refractivity contribution < 1.29 is 19.1 Å². The molecule has 152 valence electrons. The number of hydrogen-bond donors (Lipinski definition) is 1. The minimum atomic E-state index is -0.862. The highest BCUT2D eigenvalue weighted by molar-refractivity contribution is 6.06. The van der Waals surface area contributed by atoms with E-state index in [1.807, 2.05) is 29.2 Å². The van der Waals surface area contributed by atoms with Gasteiger partial charge >= 0.3 is 6.03 Å². The Morgan fingerprint density at radius 2 is 1.75 bits per heavy atom. The van der Waals surface area contributed by atoms with Gasteiger partial charge in [-0.25, -0.2) is 4.79 Å². The van der Waals surface area contributed by atoms with Crippen molar-refractivity contribution in [3.05, 3.63) is 24.3 Å². The van der Waals surface area contributed by atoms with Crippen LogP contribution in [0.4, 0.5) is 10.5 Å². The van der Waals surface area contributed by atoms with Crippen LogP contribution in [0.25, 0.3) is 0 Å². The van der Waals surface area contributed by atoms with E-state index in [1.165, 1.54) is 4.90 Å². The van der Waals surface area contributed by atoms with Crippen molar-refractivity contribution in [2.45, 2.75) is 32.2 Å². The Kier molecular flexibility index (Phi) is 5.76. The van der Waals surface area contributed by atoms with Crippen LogP contribution in [0.1, 0.15) is 26.7 Å². The van der Waals surface area contributed by atoms with Crippen molar-refractivity contribution in [2.24, 2.45) is 0 Å². The van der Waals surface area contributed by atoms with Gasteiger partial charge in [0.2, 0.25) is 5.91 Å². The van der Waals surface area contributed by atoms with Crippen LogP contribution in [-0.4, -0.2) is 73.0 Å². The predicted molar refractivity (Wildman–Crippen MR) is 105 cm³/mol. The van der Waals surface area contributed by atoms with Gasteiger partial charge in [-0.15, -0.1) is 0 Å². The number of hydrogen-bond acceptors (Lipinski definition) is 5. The molecule has 1 aromatic rings. The first-order chi connectivity index (χ1) is 13.3. The van der Waals surface area contributed by atoms with Crippen molar-refractivity contribution in [1.29, 1.82) is 0 Å². The topological polar surface area (TPSA) is 82.2 Å². The first kappa shape index (κ1) is 20.0. The number of carbonyl (C=O) groups excluding carboxylic acids is 3. The maximum Gasteiger partial charge on any atom is 0.325 e. The van der Waals surface area contributed by atoms with Crippen LogP contribution in [0.5, 0.6) is 5.75 Å². The third kappa shape index (κ3) is 4.21. The maximum absolute atomic E-state index is 12.5. The van der Waals surface area contributed by atoms with Gasteiger partial charge in [0, 0.05) is 44.8 Å². The zero-order chi connectivity index (χ0) is 20.3. The molecule has 2 aliphatic heterocycles. The summed E-state index contributed by atoms with van der Waals surface area (Å²) in [5, 5.41) is 2.65. The third-order valence-corrected chi connectivity index (χ3v) is 5.29. The molecule has 0 radical (unpaired) electrons. The summed E-state index contributed by atoms with van der Waals surface area (Å²) in [6.45, 7) is 6.52. The van der Waals surface area contributed by atoms with E-state index in [0.717, 1.165) is 24.5 Å². The summed E-state index contributed by atoms with van der Waals surface area (Å²) < 4.78 is 5.18. The number of anilines is 1. The van der Waals surface area contributed by atoms with E-state index in [0.29, 0.717) is 25.9 Å². The summed E-state index contributed by atoms with van der Waals surface area (Å²) in [6, 6.07) is 7.54. The fraction of sp³-hybridized carbons (Fsp3) is 0.550. The fourth-order valence-electron chi connectivity index (χ4n) is 3.57. The van der Waals surface area contributed by atoms with Gasteiger partial charge in [0.15, 0.2) is 0 Å². The molecule has 3 rings (SSSR count). The predicted octanol–water partition coefficient (Wildman–Crippen LogP) is 1.45. The van der Waals surface area contributed by atoms with E-state index >= 15 is 0 Å². The zero-order valence-electron chi connectivity index (χ0n) is 16.7. The molecule has 0 saturated carbocycles. The molecular formula is C20H28N4O4. The Morgan fingerprint density at radius 3 is 2.29 bits per heavy atom. The number of amides is 4. The number of imide groups is 1. The Labute approximate surface area is 165 Å². The molecule has 8 nitrogen and oxygen atoms in total. The lowest BCUT2D eigenvalue weighted by Crippen LogP contribution is -2.48. The summed E-state index contributed by atoms with van der Waals surface area (Å²) in [7, 11) is 1.65. The summed E-state index contributed by atoms with van der Waals surface area (Å²) in [6.07, 6.45) is 0.812. The van der Waals surface area contributed by atoms with Crippen LogP contribution in [0.3, 0.4) is 0 Å². The van der Waals surface area contributed by atoms with Crippen LogP contribution in [0.15, 0.2) is 24.3 Å². The number of nitrogens with one attached hydrogen (secondary N) is 1. The molecule has 1 N–H and O–H groups in total. The minimum absolute atomic E-state index is 0.0701. The van der Waals surface area contributed by atoms with Gasteiger partial charge in [0.05, 0.1) is 7.11 Å². The Morgan fingerprint density at radius 1 is 1.11 bits per heavy atom. The lowest BCUT2D eigenvalue weighted by molar-refractivity contribution is -0.133. The molecule has 0 aliphatic carbocycles. The van der Waals surface area contributed by atoms with E-state index in [-0.39, 0.29) is 24.4 Å². The van der Waals surface area contributed by atoms with Gasteiger partial charge in [-0.2, -0.15) is 0 Å². The second-order valence-corrected chi connectivity index (χ2v) is 7.68. The molecule has 2 heterocycles. The molecule has 0 atom stereocenters. The number of carbonyl (C=O) groups is 3. The van der Waals surface area contributed by atoms with E-state index in [4.69, 9.17) is 4.74 Å². The third-order valence-electron chi connectivity index (χ3n) is 5.29. The number of ether oxygens (including phenoxy) is 1. The zero-order valence-corrected chi connectivity index (χ0v) is 16.7. The molecule has 2 fully saturated rings. The van der Waals surface area contributed by atoms with Crippen molar-refractivity contribution >= 4 is 23.5 Å². The lowest BCUT2D eigenvalue weighted by atomic mass is 10.1. The number of benzene rings is 1. The van der Waals surface area contributed by atoms with Gasteiger partial charge in [-0.05, 0) is 44.5 Å². The van der Waals surface area contributed by atoms with Crippen molar-refractivity contribution in [3.8, 4) is 5.75 Å². The molecule has 0 spiro atoms. The van der Waals surface area contributed by atoms with Gasteiger partial charge < -0.3 is 19.9 Å². The maximum atomic E-state index is 12.5. The number of urea groups is 1. The van der Waals surface area contributed by atoms with Crippen LogP contribution in [0, 0.1) is 0 Å². The van der Waals surface area contributed by atoms with Crippen LogP contribution in [-0.2, 0) is 9.59 Å². The van der Waals surface area contributed by atoms with Crippen LogP contribution < -0.4 is 15.0 Å². The van der Waals surface area contributed by atoms with Crippen LogP contribution in [0.2, 0.25) is 0 Å². The Bertz CT molecular complexity index is 739. The highest BCUT2D eigenvalue weighted by atomic mass is 16.5. The highest BCUT2D eigenvalue weighted by Gasteiger charge is 2.43. The van der Waals surface area contributed by atoms with Gasteiger partial charge in [0.25, 0.3) is 5.91 Å². The normalized spacial score (nSPS) is 19.0. The monoisotopic (exact) mass is 388 g/mol. The smallest absolute Gasteiger partial charge is 0.325 e. The van der Waals surface area contributed by atoms with Gasteiger partial charge in [0.1, 0.15) is 11.3 Å². The van der Waals surface area contributed by atoms with Crippen molar-refractivity contribution in [3.63, 3.8) is 0 Å². The van der Waals surface area contributed by atoms with E-state index < -0.39 is 5.54 Å². The summed E-state index contributed by atoms with van der Waals surface area (Å²) >= 11 is 0. The average molecular weight is 388 g/mol. The first-order valence-corrected chi connectivity index (χ1v) is 9.63. The van der Waals surface area contributed by atoms with E-state index in [1.54, 1.807) is 21.0 Å². The van der Waals surface area contributed by atoms with E-state index in [9.17, 15) is 14.4 Å². The fourth-order valence-corrected chi connectivity index (χ4v) is 3.57. The molecule has 2 saturated heterocycles. The second kappa shape index (κ2) is 8.08. The summed E-state index contributed by atoms with van der Waals surface area (Å²) in [5.74, 6) is 0.657. The summed E-state index contributed by atoms with van der Waals surface area (Å²) in [4.78, 5) is 41.8. The highest BCUT2D eigenvalue weighted by Crippen LogP contribution is 2.21. The van der Waals surface area contributed by atoms with E-state index in [2.05, 4.69) is 10.2 Å². The molecule has 0 unspecified atom stereocenters. The quantitative estimate of drug-likeness (QED) is 0.746. The standard InChI is InChI=1S/C20H28N4O4/c1-20(2)18(26)24(19(27)21-20)10-4-5-17(25)23-13-11-22(12-14-23)15-6-8-16(28-3)9-7-15/h6-9H,4-5,10-14H2,1-3H3,(H,21,27). The Hall–Kier alpha value is -2.77. The first-order valence-electron chi connectivity index (χ1n) is 9.63. The molecular weight excluding hydrogens is 360 g/mol. The molecule has 2 aliphatic rings.